The molecule has 8 heteroatoms. The van der Waals surface area contributed by atoms with E-state index in [9.17, 15) is 19.6 Å². The van der Waals surface area contributed by atoms with E-state index in [2.05, 4.69) is 5.32 Å². The molecule has 1 aliphatic heterocycles. The molecule has 2 aliphatic rings. The number of carbonyl (C=O) groups excluding carboxylic acids is 2. The summed E-state index contributed by atoms with van der Waals surface area (Å²) >= 11 is 0. The molecule has 0 radical (unpaired) electrons. The zero-order chi connectivity index (χ0) is 20.2. The van der Waals surface area contributed by atoms with Crippen LogP contribution in [0.5, 0.6) is 0 Å². The van der Waals surface area contributed by atoms with Crippen LogP contribution in [-0.2, 0) is 9.59 Å². The normalized spacial score (nSPS) is 26.3. The first-order chi connectivity index (χ1) is 12.7. The standard InChI is InChI=1S/C19H36BN3O4/c1-4-16(20(26)27)22-17(24)15(12-14-8-6-5-7-9-14)23-11-10-19(21,13(2)3)18(23)25/h13-16,26-27H,4-12,21H2,1-3H3,(H,22,24)/t15-,16?,19?/m0/s1. The molecule has 3 atom stereocenters. The van der Waals surface area contributed by atoms with Gasteiger partial charge < -0.3 is 26.0 Å². The van der Waals surface area contributed by atoms with Gasteiger partial charge in [0.25, 0.3) is 0 Å². The van der Waals surface area contributed by atoms with Gasteiger partial charge in [-0.25, -0.2) is 0 Å². The predicted octanol–water partition coefficient (Wildman–Crippen LogP) is 0.818. The second-order valence-corrected chi connectivity index (χ2v) is 8.64. The maximum atomic E-state index is 13.1. The van der Waals surface area contributed by atoms with Gasteiger partial charge in [-0.05, 0) is 31.1 Å². The van der Waals surface area contributed by atoms with Gasteiger partial charge in [0.05, 0.1) is 11.5 Å². The van der Waals surface area contributed by atoms with Gasteiger partial charge in [-0.3, -0.25) is 9.59 Å². The topological polar surface area (TPSA) is 116 Å². The van der Waals surface area contributed by atoms with Crippen LogP contribution in [0.3, 0.4) is 0 Å². The first-order valence-electron chi connectivity index (χ1n) is 10.5. The number of hydrogen-bond donors (Lipinski definition) is 4. The number of amides is 2. The van der Waals surface area contributed by atoms with Gasteiger partial charge in [0.1, 0.15) is 6.04 Å². The molecular formula is C19H36BN3O4. The summed E-state index contributed by atoms with van der Waals surface area (Å²) in [5.41, 5.74) is 5.45. The molecule has 27 heavy (non-hydrogen) atoms. The molecular weight excluding hydrogens is 345 g/mol. The van der Waals surface area contributed by atoms with Crippen LogP contribution in [0.4, 0.5) is 0 Å². The molecule has 0 aromatic carbocycles. The van der Waals surface area contributed by atoms with Crippen molar-refractivity contribution in [1.82, 2.24) is 10.2 Å². The van der Waals surface area contributed by atoms with Crippen LogP contribution in [0.1, 0.15) is 72.1 Å². The predicted molar refractivity (Wildman–Crippen MR) is 105 cm³/mol. The Hall–Kier alpha value is -1.12. The van der Waals surface area contributed by atoms with Crippen LogP contribution in [0, 0.1) is 11.8 Å². The number of nitrogens with one attached hydrogen (secondary N) is 1. The van der Waals surface area contributed by atoms with Crippen molar-refractivity contribution in [2.24, 2.45) is 17.6 Å². The Kier molecular flexibility index (Phi) is 7.71. The molecule has 1 aliphatic carbocycles. The highest BCUT2D eigenvalue weighted by atomic mass is 16.4. The van der Waals surface area contributed by atoms with Crippen molar-refractivity contribution in [3.8, 4) is 0 Å². The van der Waals surface area contributed by atoms with E-state index in [0.29, 0.717) is 31.7 Å². The van der Waals surface area contributed by atoms with Gasteiger partial charge >= 0.3 is 7.12 Å². The fraction of sp³-hybridized carbons (Fsp3) is 0.895. The Morgan fingerprint density at radius 2 is 1.96 bits per heavy atom. The van der Waals surface area contributed by atoms with Crippen LogP contribution in [0.15, 0.2) is 0 Å². The summed E-state index contributed by atoms with van der Waals surface area (Å²) < 4.78 is 0. The average molecular weight is 381 g/mol. The van der Waals surface area contributed by atoms with Gasteiger partial charge in [0, 0.05) is 6.54 Å². The number of hydrogen-bond acceptors (Lipinski definition) is 5. The summed E-state index contributed by atoms with van der Waals surface area (Å²) in [6.45, 7) is 6.13. The summed E-state index contributed by atoms with van der Waals surface area (Å²) in [5.74, 6) is -0.797. The van der Waals surface area contributed by atoms with Gasteiger partial charge in [0.2, 0.25) is 11.8 Å². The molecule has 2 unspecified atom stereocenters. The third kappa shape index (κ3) is 5.03. The van der Waals surface area contributed by atoms with E-state index < -0.39 is 24.6 Å². The number of nitrogens with two attached hydrogens (primary N) is 1. The van der Waals surface area contributed by atoms with Gasteiger partial charge in [0.15, 0.2) is 0 Å². The van der Waals surface area contributed by atoms with Crippen molar-refractivity contribution in [3.63, 3.8) is 0 Å². The summed E-state index contributed by atoms with van der Waals surface area (Å²) in [5, 5.41) is 21.7. The van der Waals surface area contributed by atoms with Crippen molar-refractivity contribution >= 4 is 18.9 Å². The average Bonchev–Trinajstić information content (AvgIpc) is 2.94. The summed E-state index contributed by atoms with van der Waals surface area (Å²) in [4.78, 5) is 27.7. The molecule has 2 amide bonds. The molecule has 1 saturated carbocycles. The lowest BCUT2D eigenvalue weighted by Gasteiger charge is -2.34. The SMILES string of the molecule is CCC(NC(=O)[C@H](CC1CCCCC1)N1CCC(N)(C(C)C)C1=O)B(O)O. The zero-order valence-corrected chi connectivity index (χ0v) is 17.0. The van der Waals surface area contributed by atoms with Crippen LogP contribution >= 0.6 is 0 Å². The fourth-order valence-corrected chi connectivity index (χ4v) is 4.40. The van der Waals surface area contributed by atoms with Crippen molar-refractivity contribution in [3.05, 3.63) is 0 Å². The van der Waals surface area contributed by atoms with Crippen molar-refractivity contribution < 1.29 is 19.6 Å². The van der Waals surface area contributed by atoms with E-state index in [1.165, 1.54) is 6.42 Å². The van der Waals surface area contributed by atoms with E-state index >= 15 is 0 Å². The largest absolute Gasteiger partial charge is 0.475 e. The molecule has 154 valence electrons. The Labute approximate surface area is 163 Å². The van der Waals surface area contributed by atoms with E-state index in [1.807, 2.05) is 13.8 Å². The van der Waals surface area contributed by atoms with Gasteiger partial charge in [-0.1, -0.05) is 52.9 Å². The Morgan fingerprint density at radius 3 is 2.44 bits per heavy atom. The zero-order valence-electron chi connectivity index (χ0n) is 17.0. The Balaban J connectivity index is 2.19. The summed E-state index contributed by atoms with van der Waals surface area (Å²) in [6, 6.07) is -0.599. The summed E-state index contributed by atoms with van der Waals surface area (Å²) in [7, 11) is -1.62. The molecule has 1 saturated heterocycles. The maximum absolute atomic E-state index is 13.1. The fourth-order valence-electron chi connectivity index (χ4n) is 4.40. The molecule has 2 fully saturated rings. The monoisotopic (exact) mass is 381 g/mol. The number of nitrogens with zero attached hydrogens (tertiary/aromatic N) is 1. The second-order valence-electron chi connectivity index (χ2n) is 8.64. The molecule has 1 heterocycles. The third-order valence-electron chi connectivity index (χ3n) is 6.54. The number of likely N-dealkylation sites (tertiary alicyclic amines) is 1. The summed E-state index contributed by atoms with van der Waals surface area (Å²) in [6.07, 6.45) is 7.25. The van der Waals surface area contributed by atoms with Crippen LogP contribution in [-0.4, -0.2) is 57.9 Å². The lowest BCUT2D eigenvalue weighted by Crippen LogP contribution is -2.58. The molecule has 2 rings (SSSR count). The van der Waals surface area contributed by atoms with Crippen molar-refractivity contribution in [2.45, 2.75) is 89.7 Å². The maximum Gasteiger partial charge on any atom is 0.475 e. The number of carbonyl (C=O) groups is 2. The number of rotatable bonds is 8. The highest BCUT2D eigenvalue weighted by Crippen LogP contribution is 2.33. The van der Waals surface area contributed by atoms with Gasteiger partial charge in [-0.15, -0.1) is 0 Å². The third-order valence-corrected chi connectivity index (χ3v) is 6.54. The first-order valence-corrected chi connectivity index (χ1v) is 10.5. The Bertz CT molecular complexity index is 525. The lowest BCUT2D eigenvalue weighted by atomic mass is 9.77. The van der Waals surface area contributed by atoms with E-state index in [1.54, 1.807) is 11.8 Å². The molecule has 0 aromatic heterocycles. The molecule has 5 N–H and O–H groups in total. The van der Waals surface area contributed by atoms with Crippen molar-refractivity contribution in [1.29, 1.82) is 0 Å². The van der Waals surface area contributed by atoms with E-state index in [4.69, 9.17) is 5.73 Å². The Morgan fingerprint density at radius 1 is 1.33 bits per heavy atom. The highest BCUT2D eigenvalue weighted by Gasteiger charge is 2.49. The highest BCUT2D eigenvalue weighted by molar-refractivity contribution is 6.43. The lowest BCUT2D eigenvalue weighted by molar-refractivity contribution is -0.141. The van der Waals surface area contributed by atoms with E-state index in [0.717, 1.165) is 25.7 Å². The molecule has 0 spiro atoms. The van der Waals surface area contributed by atoms with Gasteiger partial charge in [-0.2, -0.15) is 0 Å². The minimum absolute atomic E-state index is 0.00366. The molecule has 7 nitrogen and oxygen atoms in total. The van der Waals surface area contributed by atoms with E-state index in [-0.39, 0.29) is 17.7 Å². The van der Waals surface area contributed by atoms with Crippen LogP contribution in [0.25, 0.3) is 0 Å². The minimum atomic E-state index is -1.62. The molecule has 0 bridgehead atoms. The quantitative estimate of drug-likeness (QED) is 0.465. The van der Waals surface area contributed by atoms with Crippen LogP contribution in [0.2, 0.25) is 0 Å². The first kappa shape index (κ1) is 22.2. The van der Waals surface area contributed by atoms with Crippen molar-refractivity contribution in [2.75, 3.05) is 6.54 Å². The van der Waals surface area contributed by atoms with Crippen LogP contribution < -0.4 is 11.1 Å². The molecule has 0 aromatic rings. The minimum Gasteiger partial charge on any atom is -0.426 e. The smallest absolute Gasteiger partial charge is 0.426 e. The second kappa shape index (κ2) is 9.39.